The minimum Gasteiger partial charge on any atom is -0.249 e. The Morgan fingerprint density at radius 3 is 2.62 bits per heavy atom. The fourth-order valence-electron chi connectivity index (χ4n) is 2.87. The lowest BCUT2D eigenvalue weighted by Crippen LogP contribution is -2.00. The number of hydrogen-bond donors (Lipinski definition) is 0. The first-order valence-corrected chi connectivity index (χ1v) is 5.46. The molecule has 5 rings (SSSR count). The van der Waals surface area contributed by atoms with Crippen LogP contribution in [0.15, 0.2) is 36.4 Å². The van der Waals surface area contributed by atoms with Gasteiger partial charge in [-0.25, -0.2) is 9.97 Å². The molecule has 1 heterocycles. The van der Waals surface area contributed by atoms with E-state index in [2.05, 4.69) is 9.97 Å². The summed E-state index contributed by atoms with van der Waals surface area (Å²) in [6.07, 6.45) is 0. The SMILES string of the molecule is [2H]C1=C([2H])C2([2H])c3nc4ccccc4nc3C3([2H])C1C23. The molecule has 0 bridgehead atoms. The summed E-state index contributed by atoms with van der Waals surface area (Å²) < 4.78 is 33.3. The monoisotopic (exact) mass is 210 g/mol. The van der Waals surface area contributed by atoms with Crippen molar-refractivity contribution in [2.24, 2.45) is 11.8 Å². The van der Waals surface area contributed by atoms with Crippen LogP contribution in [0.1, 0.15) is 28.7 Å². The van der Waals surface area contributed by atoms with E-state index >= 15 is 0 Å². The van der Waals surface area contributed by atoms with Crippen LogP contribution in [0, 0.1) is 11.8 Å². The van der Waals surface area contributed by atoms with Crippen molar-refractivity contribution in [3.63, 3.8) is 0 Å². The average Bonchev–Trinajstić information content (AvgIpc) is 2.99. The Morgan fingerprint density at radius 2 is 1.81 bits per heavy atom. The zero-order chi connectivity index (χ0) is 13.9. The molecule has 2 heteroatoms. The van der Waals surface area contributed by atoms with Crippen LogP contribution >= 0.6 is 0 Å². The molecule has 1 aromatic heterocycles. The lowest BCUT2D eigenvalue weighted by Gasteiger charge is -2.07. The molecule has 1 aromatic carbocycles. The van der Waals surface area contributed by atoms with Crippen molar-refractivity contribution in [3.05, 3.63) is 47.8 Å². The fourth-order valence-corrected chi connectivity index (χ4v) is 2.87. The van der Waals surface area contributed by atoms with Gasteiger partial charge >= 0.3 is 0 Å². The standard InChI is InChI=1S/C14H10N2/c1-2-4-10-9(3-1)15-13-8-6-5-7-11(8)12(7)14(13)16-10/h1-8,11-12H/i5D,6D,8D,12D. The topological polar surface area (TPSA) is 25.8 Å². The zero-order valence-electron chi connectivity index (χ0n) is 12.4. The largest absolute Gasteiger partial charge is 0.249 e. The predicted molar refractivity (Wildman–Crippen MR) is 61.1 cm³/mol. The van der Waals surface area contributed by atoms with Crippen molar-refractivity contribution in [2.75, 3.05) is 0 Å². The second kappa shape index (κ2) is 2.19. The quantitative estimate of drug-likeness (QED) is 0.625. The van der Waals surface area contributed by atoms with E-state index in [1.165, 1.54) is 0 Å². The van der Waals surface area contributed by atoms with E-state index in [-0.39, 0.29) is 23.9 Å². The summed E-state index contributed by atoms with van der Waals surface area (Å²) in [6.45, 7) is 0. The minimum absolute atomic E-state index is 0.00120. The predicted octanol–water partition coefficient (Wildman–Crippen LogP) is 2.63. The fraction of sp³-hybridized carbons (Fsp3) is 0.286. The van der Waals surface area contributed by atoms with E-state index in [0.717, 1.165) is 0 Å². The van der Waals surface area contributed by atoms with Crippen LogP contribution in [0.4, 0.5) is 0 Å². The molecule has 0 saturated heterocycles. The Labute approximate surface area is 98.7 Å². The third kappa shape index (κ3) is 0.673. The minimum atomic E-state index is -1.34. The first-order valence-electron chi connectivity index (χ1n) is 7.46. The Bertz CT molecular complexity index is 848. The highest BCUT2D eigenvalue weighted by atomic mass is 14.9. The molecule has 76 valence electrons. The highest BCUT2D eigenvalue weighted by Crippen LogP contribution is 2.70. The smallest absolute Gasteiger partial charge is 0.0890 e. The molecule has 0 amide bonds. The van der Waals surface area contributed by atoms with Crippen LogP contribution in [-0.2, 0) is 0 Å². The van der Waals surface area contributed by atoms with E-state index in [1.807, 2.05) is 24.3 Å². The van der Waals surface area contributed by atoms with Gasteiger partial charge in [0.15, 0.2) is 0 Å². The zero-order valence-corrected chi connectivity index (χ0v) is 8.36. The molecule has 0 radical (unpaired) electrons. The van der Waals surface area contributed by atoms with Gasteiger partial charge in [0.25, 0.3) is 0 Å². The summed E-state index contributed by atoms with van der Waals surface area (Å²) in [5, 5.41) is 0. The summed E-state index contributed by atoms with van der Waals surface area (Å²) in [5.41, 5.74) is 2.32. The van der Waals surface area contributed by atoms with Crippen molar-refractivity contribution in [1.29, 1.82) is 0 Å². The van der Waals surface area contributed by atoms with Gasteiger partial charge < -0.3 is 0 Å². The average molecular weight is 210 g/mol. The summed E-state index contributed by atoms with van der Waals surface area (Å²) in [5.74, 6) is -3.02. The van der Waals surface area contributed by atoms with E-state index in [1.54, 1.807) is 0 Å². The highest BCUT2D eigenvalue weighted by Gasteiger charge is 2.63. The van der Waals surface area contributed by atoms with Crippen LogP contribution in [-0.4, -0.2) is 9.97 Å². The number of hydrogen-bond acceptors (Lipinski definition) is 2. The van der Waals surface area contributed by atoms with Crippen LogP contribution in [0.25, 0.3) is 11.0 Å². The molecule has 4 unspecified atom stereocenters. The van der Waals surface area contributed by atoms with Crippen LogP contribution in [0.2, 0.25) is 0 Å². The number of benzene rings is 1. The van der Waals surface area contributed by atoms with Gasteiger partial charge in [-0.1, -0.05) is 24.2 Å². The van der Waals surface area contributed by atoms with Crippen molar-refractivity contribution in [2.45, 2.75) is 11.8 Å². The van der Waals surface area contributed by atoms with Gasteiger partial charge in [0.2, 0.25) is 0 Å². The molecule has 2 aromatic rings. The molecule has 2 nitrogen and oxygen atoms in total. The summed E-state index contributed by atoms with van der Waals surface area (Å²) >= 11 is 0. The Hall–Kier alpha value is -1.70. The number of rotatable bonds is 0. The van der Waals surface area contributed by atoms with Crippen LogP contribution in [0.5, 0.6) is 0 Å². The number of para-hydroxylation sites is 2. The Balaban J connectivity index is 1.91. The lowest BCUT2D eigenvalue weighted by molar-refractivity contribution is 0.734. The second-order valence-corrected chi connectivity index (χ2v) is 4.50. The number of fused-ring (bicyclic) bond motifs is 5. The van der Waals surface area contributed by atoms with E-state index < -0.39 is 11.8 Å². The molecule has 1 saturated carbocycles. The maximum absolute atomic E-state index is 8.65. The van der Waals surface area contributed by atoms with Gasteiger partial charge in [-0.3, -0.25) is 0 Å². The summed E-state index contributed by atoms with van der Waals surface area (Å²) in [7, 11) is 0. The maximum Gasteiger partial charge on any atom is 0.0890 e. The number of aromatic nitrogens is 2. The van der Waals surface area contributed by atoms with Gasteiger partial charge in [0.05, 0.1) is 25.2 Å². The summed E-state index contributed by atoms with van der Waals surface area (Å²) in [4.78, 5) is 9.05. The van der Waals surface area contributed by atoms with Crippen LogP contribution < -0.4 is 0 Å². The molecule has 0 aliphatic heterocycles. The van der Waals surface area contributed by atoms with E-state index in [9.17, 15) is 0 Å². The molecule has 1 fully saturated rings. The maximum atomic E-state index is 8.65. The van der Waals surface area contributed by atoms with Gasteiger partial charge in [-0.15, -0.1) is 0 Å². The third-order valence-corrected chi connectivity index (χ3v) is 3.67. The molecule has 0 N–H and O–H groups in total. The third-order valence-electron chi connectivity index (χ3n) is 3.67. The normalized spacial score (nSPS) is 50.5. The molecular weight excluding hydrogens is 196 g/mol. The van der Waals surface area contributed by atoms with Gasteiger partial charge in [-0.05, 0) is 24.0 Å². The second-order valence-electron chi connectivity index (χ2n) is 4.50. The van der Waals surface area contributed by atoms with Crippen molar-refractivity contribution >= 4 is 11.0 Å². The van der Waals surface area contributed by atoms with Gasteiger partial charge in [-0.2, -0.15) is 0 Å². The number of allylic oxidation sites excluding steroid dienone is 2. The Kier molecular flexibility index (Phi) is 0.697. The summed E-state index contributed by atoms with van der Waals surface area (Å²) in [6, 6.07) is 7.53. The lowest BCUT2D eigenvalue weighted by atomic mass is 10.1. The molecule has 4 atom stereocenters. The first-order chi connectivity index (χ1) is 9.50. The molecule has 16 heavy (non-hydrogen) atoms. The molecule has 3 aliphatic rings. The van der Waals surface area contributed by atoms with Gasteiger partial charge in [0.1, 0.15) is 0 Å². The molecule has 0 spiro atoms. The number of nitrogens with zero attached hydrogens (tertiary/aromatic N) is 2. The van der Waals surface area contributed by atoms with E-state index in [0.29, 0.717) is 22.4 Å². The highest BCUT2D eigenvalue weighted by molar-refractivity contribution is 5.75. The van der Waals surface area contributed by atoms with Crippen LogP contribution in [0.3, 0.4) is 0 Å². The molecule has 3 aliphatic carbocycles. The van der Waals surface area contributed by atoms with Crippen molar-refractivity contribution in [3.8, 4) is 0 Å². The molecular formula is C14H10N2. The first kappa shape index (κ1) is 5.09. The van der Waals surface area contributed by atoms with Crippen molar-refractivity contribution < 1.29 is 5.48 Å². The van der Waals surface area contributed by atoms with Gasteiger partial charge in [0, 0.05) is 14.5 Å². The Morgan fingerprint density at radius 1 is 1.06 bits per heavy atom. The van der Waals surface area contributed by atoms with E-state index in [4.69, 9.17) is 5.48 Å². The van der Waals surface area contributed by atoms with Crippen molar-refractivity contribution in [1.82, 2.24) is 9.97 Å².